The predicted molar refractivity (Wildman–Crippen MR) is 131 cm³/mol. The fourth-order valence-electron chi connectivity index (χ4n) is 4.46. The maximum atomic E-state index is 13.1. The van der Waals surface area contributed by atoms with Crippen molar-refractivity contribution in [2.75, 3.05) is 19.6 Å². The number of aryl methyl sites for hydroxylation is 1. The molecule has 0 N–H and O–H groups in total. The molecular weight excluding hydrogens is 396 g/mol. The lowest BCUT2D eigenvalue weighted by molar-refractivity contribution is -0.134. The van der Waals surface area contributed by atoms with Gasteiger partial charge in [-0.25, -0.2) is 0 Å². The Bertz CT molecular complexity index is 876. The number of benzene rings is 2. The zero-order chi connectivity index (χ0) is 23.1. The fraction of sp³-hybridized carbons (Fsp3) is 0.500. The highest BCUT2D eigenvalue weighted by Crippen LogP contribution is 2.23. The fourth-order valence-corrected chi connectivity index (χ4v) is 4.46. The van der Waals surface area contributed by atoms with Gasteiger partial charge in [0.1, 0.15) is 0 Å². The number of rotatable bonds is 7. The normalized spacial score (nSPS) is 14.9. The van der Waals surface area contributed by atoms with Gasteiger partial charge in [-0.2, -0.15) is 0 Å². The SMILES string of the molecule is CCCN(C(=O)CCc1ccc(C(C)(C)C)cc1)C1CCN(C(=O)c2ccccc2)CC1. The van der Waals surface area contributed by atoms with Gasteiger partial charge in [0.05, 0.1) is 0 Å². The molecule has 0 radical (unpaired) electrons. The first-order valence-corrected chi connectivity index (χ1v) is 12.0. The van der Waals surface area contributed by atoms with Gasteiger partial charge in [-0.05, 0) is 54.4 Å². The van der Waals surface area contributed by atoms with Gasteiger partial charge in [0.25, 0.3) is 5.91 Å². The van der Waals surface area contributed by atoms with E-state index in [0.717, 1.165) is 37.8 Å². The second kappa shape index (κ2) is 10.8. The highest BCUT2D eigenvalue weighted by atomic mass is 16.2. The van der Waals surface area contributed by atoms with Gasteiger partial charge < -0.3 is 9.80 Å². The lowest BCUT2D eigenvalue weighted by Crippen LogP contribution is -2.49. The molecule has 2 aromatic carbocycles. The molecule has 172 valence electrons. The highest BCUT2D eigenvalue weighted by molar-refractivity contribution is 5.94. The van der Waals surface area contributed by atoms with Crippen LogP contribution in [0.15, 0.2) is 54.6 Å². The number of amides is 2. The quantitative estimate of drug-likeness (QED) is 0.580. The molecule has 0 unspecified atom stereocenters. The summed E-state index contributed by atoms with van der Waals surface area (Å²) in [4.78, 5) is 29.8. The van der Waals surface area contributed by atoms with E-state index in [-0.39, 0.29) is 23.3 Å². The predicted octanol–water partition coefficient (Wildman–Crippen LogP) is 5.46. The summed E-state index contributed by atoms with van der Waals surface area (Å²) in [5.41, 5.74) is 3.41. The average molecular weight is 435 g/mol. The highest BCUT2D eigenvalue weighted by Gasteiger charge is 2.29. The molecule has 0 atom stereocenters. The van der Waals surface area contributed by atoms with E-state index in [9.17, 15) is 9.59 Å². The number of carbonyl (C=O) groups is 2. The molecule has 4 nitrogen and oxygen atoms in total. The monoisotopic (exact) mass is 434 g/mol. The molecular formula is C28H38N2O2. The van der Waals surface area contributed by atoms with Crippen LogP contribution >= 0.6 is 0 Å². The van der Waals surface area contributed by atoms with Gasteiger partial charge in [0.15, 0.2) is 0 Å². The van der Waals surface area contributed by atoms with Crippen LogP contribution < -0.4 is 0 Å². The van der Waals surface area contributed by atoms with E-state index in [4.69, 9.17) is 0 Å². The molecule has 0 aliphatic carbocycles. The molecule has 1 saturated heterocycles. The van der Waals surface area contributed by atoms with Crippen LogP contribution in [0.1, 0.15) is 74.9 Å². The minimum Gasteiger partial charge on any atom is -0.340 e. The second-order valence-electron chi connectivity index (χ2n) is 9.92. The summed E-state index contributed by atoms with van der Waals surface area (Å²) in [5.74, 6) is 0.329. The molecule has 1 fully saturated rings. The zero-order valence-corrected chi connectivity index (χ0v) is 20.1. The van der Waals surface area contributed by atoms with Crippen LogP contribution in [-0.4, -0.2) is 47.3 Å². The van der Waals surface area contributed by atoms with Crippen molar-refractivity contribution in [1.82, 2.24) is 9.80 Å². The van der Waals surface area contributed by atoms with Crippen molar-refractivity contribution in [3.05, 3.63) is 71.3 Å². The van der Waals surface area contributed by atoms with Gasteiger partial charge in [-0.1, -0.05) is 70.2 Å². The number of hydrogen-bond acceptors (Lipinski definition) is 2. The topological polar surface area (TPSA) is 40.6 Å². The van der Waals surface area contributed by atoms with Gasteiger partial charge in [0.2, 0.25) is 5.91 Å². The van der Waals surface area contributed by atoms with Crippen LogP contribution in [-0.2, 0) is 16.6 Å². The van der Waals surface area contributed by atoms with Crippen LogP contribution in [0.4, 0.5) is 0 Å². The Morgan fingerprint density at radius 3 is 2.16 bits per heavy atom. The molecule has 2 amide bonds. The molecule has 0 saturated carbocycles. The van der Waals surface area contributed by atoms with Gasteiger partial charge in [-0.3, -0.25) is 9.59 Å². The molecule has 4 heteroatoms. The molecule has 2 aromatic rings. The molecule has 32 heavy (non-hydrogen) atoms. The molecule has 0 bridgehead atoms. The summed E-state index contributed by atoms with van der Waals surface area (Å²) >= 11 is 0. The smallest absolute Gasteiger partial charge is 0.253 e. The van der Waals surface area contributed by atoms with Crippen LogP contribution in [0.5, 0.6) is 0 Å². The van der Waals surface area contributed by atoms with Crippen molar-refractivity contribution >= 4 is 11.8 Å². The standard InChI is InChI=1S/C28H38N2O2/c1-5-19-30(26(31)16-13-22-11-14-24(15-12-22)28(2,3)4)25-17-20-29(21-18-25)27(32)23-9-7-6-8-10-23/h6-12,14-15,25H,5,13,16-21H2,1-4H3. The van der Waals surface area contributed by atoms with Gasteiger partial charge in [-0.15, -0.1) is 0 Å². The third kappa shape index (κ3) is 6.21. The largest absolute Gasteiger partial charge is 0.340 e. The Labute approximate surface area is 193 Å². The van der Waals surface area contributed by atoms with Gasteiger partial charge >= 0.3 is 0 Å². The van der Waals surface area contributed by atoms with Gasteiger partial charge in [0, 0.05) is 37.7 Å². The molecule has 0 spiro atoms. The molecule has 3 rings (SSSR count). The summed E-state index contributed by atoms with van der Waals surface area (Å²) < 4.78 is 0. The maximum Gasteiger partial charge on any atom is 0.253 e. The molecule has 1 aliphatic heterocycles. The lowest BCUT2D eigenvalue weighted by Gasteiger charge is -2.38. The summed E-state index contributed by atoms with van der Waals surface area (Å²) in [6.07, 6.45) is 3.97. The van der Waals surface area contributed by atoms with E-state index in [1.807, 2.05) is 35.2 Å². The number of hydrogen-bond donors (Lipinski definition) is 0. The third-order valence-electron chi connectivity index (χ3n) is 6.45. The Hall–Kier alpha value is -2.62. The van der Waals surface area contributed by atoms with Crippen molar-refractivity contribution in [1.29, 1.82) is 0 Å². The maximum absolute atomic E-state index is 13.1. The van der Waals surface area contributed by atoms with E-state index in [1.54, 1.807) is 0 Å². The summed E-state index contributed by atoms with van der Waals surface area (Å²) in [6, 6.07) is 18.4. The van der Waals surface area contributed by atoms with E-state index in [1.165, 1.54) is 11.1 Å². The zero-order valence-electron chi connectivity index (χ0n) is 20.1. The van der Waals surface area contributed by atoms with Crippen LogP contribution in [0.2, 0.25) is 0 Å². The second-order valence-corrected chi connectivity index (χ2v) is 9.92. The first kappa shape index (κ1) is 24.0. The van der Waals surface area contributed by atoms with Crippen molar-refractivity contribution in [2.45, 2.75) is 71.3 Å². The van der Waals surface area contributed by atoms with E-state index in [2.05, 4.69) is 56.9 Å². The lowest BCUT2D eigenvalue weighted by atomic mass is 9.86. The van der Waals surface area contributed by atoms with E-state index in [0.29, 0.717) is 19.5 Å². The first-order valence-electron chi connectivity index (χ1n) is 12.0. The van der Waals surface area contributed by atoms with Crippen molar-refractivity contribution in [3.8, 4) is 0 Å². The number of nitrogens with zero attached hydrogens (tertiary/aromatic N) is 2. The summed E-state index contributed by atoms with van der Waals surface area (Å²) in [5, 5.41) is 0. The summed E-state index contributed by atoms with van der Waals surface area (Å²) in [6.45, 7) is 11.0. The van der Waals surface area contributed by atoms with Crippen molar-refractivity contribution in [2.24, 2.45) is 0 Å². The Kier molecular flexibility index (Phi) is 8.11. The summed E-state index contributed by atoms with van der Waals surface area (Å²) in [7, 11) is 0. The number of likely N-dealkylation sites (tertiary alicyclic amines) is 1. The Morgan fingerprint density at radius 2 is 1.59 bits per heavy atom. The van der Waals surface area contributed by atoms with Crippen molar-refractivity contribution in [3.63, 3.8) is 0 Å². The molecule has 1 heterocycles. The third-order valence-corrected chi connectivity index (χ3v) is 6.45. The minimum absolute atomic E-state index is 0.0936. The Morgan fingerprint density at radius 1 is 0.969 bits per heavy atom. The Balaban J connectivity index is 1.54. The first-order chi connectivity index (χ1) is 15.3. The number of piperidine rings is 1. The van der Waals surface area contributed by atoms with E-state index < -0.39 is 0 Å². The van der Waals surface area contributed by atoms with Crippen LogP contribution in [0.25, 0.3) is 0 Å². The van der Waals surface area contributed by atoms with E-state index >= 15 is 0 Å². The number of carbonyl (C=O) groups excluding carboxylic acids is 2. The molecule has 1 aliphatic rings. The van der Waals surface area contributed by atoms with Crippen molar-refractivity contribution < 1.29 is 9.59 Å². The van der Waals surface area contributed by atoms with Crippen LogP contribution in [0, 0.1) is 0 Å². The average Bonchev–Trinajstić information content (AvgIpc) is 2.81. The molecule has 0 aromatic heterocycles. The minimum atomic E-state index is 0.0936. The van der Waals surface area contributed by atoms with Crippen LogP contribution in [0.3, 0.4) is 0 Å².